The van der Waals surface area contributed by atoms with Crippen molar-refractivity contribution in [3.8, 4) is 0 Å². The maximum absolute atomic E-state index is 13.0. The number of alkyl halides is 6. The number of benzene rings is 1. The number of halogens is 6. The lowest BCUT2D eigenvalue weighted by atomic mass is 9.73. The van der Waals surface area contributed by atoms with Gasteiger partial charge < -0.3 is 19.7 Å². The number of carbonyl (C=O) groups is 3. The molecule has 1 spiro atoms. The third-order valence-corrected chi connectivity index (χ3v) is 6.25. The zero-order valence-corrected chi connectivity index (χ0v) is 20.3. The molecule has 1 amide bonds. The molecule has 2 saturated heterocycles. The Morgan fingerprint density at radius 1 is 1.03 bits per heavy atom. The van der Waals surface area contributed by atoms with Gasteiger partial charge in [0.25, 0.3) is 0 Å². The SMILES string of the molecule is CN1CC[C@]2(CN(Cc3nccn3C)C[C@H]2c2ccccc2)C1=O.O=C(O)C(F)(F)F.O=C(O)C(F)(F)F. The van der Waals surface area contributed by atoms with Crippen LogP contribution in [0.3, 0.4) is 0 Å². The van der Waals surface area contributed by atoms with E-state index in [4.69, 9.17) is 19.8 Å². The van der Waals surface area contributed by atoms with E-state index in [1.54, 1.807) is 0 Å². The first-order valence-corrected chi connectivity index (χ1v) is 11.1. The first-order chi connectivity index (χ1) is 17.5. The summed E-state index contributed by atoms with van der Waals surface area (Å²) in [6, 6.07) is 10.5. The Bertz CT molecular complexity index is 1100. The highest BCUT2D eigenvalue weighted by Crippen LogP contribution is 2.49. The van der Waals surface area contributed by atoms with Crippen LogP contribution in [0, 0.1) is 5.41 Å². The number of aliphatic carboxylic acids is 2. The molecule has 0 unspecified atom stereocenters. The van der Waals surface area contributed by atoms with Gasteiger partial charge in [-0.25, -0.2) is 14.6 Å². The standard InChI is InChI=1S/C19H24N4O.2C2HF3O2/c1-21-11-9-20-17(21)13-23-12-16(15-6-4-3-5-7-15)19(14-23)8-10-22(2)18(19)24;2*3-2(4,5)1(6)7/h3-7,9,11,16H,8,10,12-14H2,1-2H3;2*(H,6,7)/t16-,19+;;/m0../s1. The van der Waals surface area contributed by atoms with Crippen LogP contribution in [0.4, 0.5) is 26.3 Å². The lowest BCUT2D eigenvalue weighted by molar-refractivity contribution is -0.193. The number of aryl methyl sites for hydroxylation is 1. The van der Waals surface area contributed by atoms with E-state index in [0.29, 0.717) is 5.91 Å². The topological polar surface area (TPSA) is 116 Å². The summed E-state index contributed by atoms with van der Waals surface area (Å²) in [6.45, 7) is 3.39. The summed E-state index contributed by atoms with van der Waals surface area (Å²) in [6.07, 6.45) is -5.41. The average Bonchev–Trinajstić information content (AvgIpc) is 3.48. The van der Waals surface area contributed by atoms with Crippen LogP contribution in [0.2, 0.25) is 0 Å². The quantitative estimate of drug-likeness (QED) is 0.563. The van der Waals surface area contributed by atoms with Gasteiger partial charge in [0.15, 0.2) is 0 Å². The third-order valence-electron chi connectivity index (χ3n) is 6.25. The predicted octanol–water partition coefficient (Wildman–Crippen LogP) is 3.13. The molecule has 210 valence electrons. The van der Waals surface area contributed by atoms with E-state index < -0.39 is 24.3 Å². The van der Waals surface area contributed by atoms with Gasteiger partial charge in [-0.3, -0.25) is 9.69 Å². The van der Waals surface area contributed by atoms with E-state index >= 15 is 0 Å². The Balaban J connectivity index is 0.000000301. The van der Waals surface area contributed by atoms with Gasteiger partial charge in [-0.2, -0.15) is 26.3 Å². The van der Waals surface area contributed by atoms with Gasteiger partial charge >= 0.3 is 24.3 Å². The van der Waals surface area contributed by atoms with Crippen LogP contribution in [0.25, 0.3) is 0 Å². The number of likely N-dealkylation sites (tertiary alicyclic amines) is 2. The number of hydrogen-bond donors (Lipinski definition) is 2. The third kappa shape index (κ3) is 7.46. The van der Waals surface area contributed by atoms with E-state index in [1.807, 2.05) is 37.5 Å². The van der Waals surface area contributed by atoms with E-state index in [-0.39, 0.29) is 11.3 Å². The van der Waals surface area contributed by atoms with Crippen molar-refractivity contribution in [2.24, 2.45) is 12.5 Å². The normalized spacial score (nSPS) is 21.5. The zero-order valence-electron chi connectivity index (χ0n) is 20.3. The van der Waals surface area contributed by atoms with Crippen LogP contribution in [0.1, 0.15) is 23.7 Å². The van der Waals surface area contributed by atoms with Gasteiger partial charge in [0.2, 0.25) is 5.91 Å². The fourth-order valence-corrected chi connectivity index (χ4v) is 4.41. The lowest BCUT2D eigenvalue weighted by Gasteiger charge is -2.28. The smallest absolute Gasteiger partial charge is 0.475 e. The Labute approximate surface area is 213 Å². The van der Waals surface area contributed by atoms with Crippen molar-refractivity contribution < 1.29 is 50.9 Å². The highest BCUT2D eigenvalue weighted by molar-refractivity contribution is 5.86. The second kappa shape index (κ2) is 11.8. The molecule has 0 saturated carbocycles. The van der Waals surface area contributed by atoms with Gasteiger partial charge in [0.1, 0.15) is 5.82 Å². The molecule has 3 heterocycles. The van der Waals surface area contributed by atoms with Crippen LogP contribution in [0.15, 0.2) is 42.7 Å². The van der Waals surface area contributed by atoms with Gasteiger partial charge in [-0.05, 0) is 12.0 Å². The molecule has 38 heavy (non-hydrogen) atoms. The molecule has 0 aliphatic carbocycles. The van der Waals surface area contributed by atoms with Gasteiger partial charge in [0.05, 0.1) is 12.0 Å². The highest BCUT2D eigenvalue weighted by atomic mass is 19.4. The van der Waals surface area contributed by atoms with Crippen LogP contribution in [-0.4, -0.2) is 86.4 Å². The fourth-order valence-electron chi connectivity index (χ4n) is 4.41. The molecular formula is C23H26F6N4O5. The summed E-state index contributed by atoms with van der Waals surface area (Å²) in [5.74, 6) is -3.90. The largest absolute Gasteiger partial charge is 0.490 e. The maximum atomic E-state index is 13.0. The van der Waals surface area contributed by atoms with E-state index in [9.17, 15) is 31.1 Å². The molecule has 15 heteroatoms. The molecule has 2 aromatic rings. The van der Waals surface area contributed by atoms with E-state index in [0.717, 1.165) is 38.4 Å². The summed E-state index contributed by atoms with van der Waals surface area (Å²) in [5, 5.41) is 14.2. The van der Waals surface area contributed by atoms with E-state index in [2.05, 4.69) is 38.7 Å². The Hall–Kier alpha value is -3.62. The fraction of sp³-hybridized carbons (Fsp3) is 0.478. The van der Waals surface area contributed by atoms with Crippen molar-refractivity contribution in [2.45, 2.75) is 31.2 Å². The predicted molar refractivity (Wildman–Crippen MR) is 120 cm³/mol. The van der Waals surface area contributed by atoms with Crippen molar-refractivity contribution in [1.82, 2.24) is 19.4 Å². The lowest BCUT2D eigenvalue weighted by Crippen LogP contribution is -2.38. The number of carbonyl (C=O) groups excluding carboxylic acids is 1. The Morgan fingerprint density at radius 3 is 1.95 bits per heavy atom. The first kappa shape index (κ1) is 30.6. The number of amides is 1. The summed E-state index contributed by atoms with van der Waals surface area (Å²) in [4.78, 5) is 39.6. The highest BCUT2D eigenvalue weighted by Gasteiger charge is 2.56. The number of carboxylic acids is 2. The Kier molecular flexibility index (Phi) is 9.53. The molecule has 9 nitrogen and oxygen atoms in total. The van der Waals surface area contributed by atoms with Crippen molar-refractivity contribution in [2.75, 3.05) is 26.7 Å². The molecule has 2 fully saturated rings. The van der Waals surface area contributed by atoms with Crippen LogP contribution in [-0.2, 0) is 28.0 Å². The first-order valence-electron chi connectivity index (χ1n) is 11.1. The molecule has 1 aromatic heterocycles. The van der Waals surface area contributed by atoms with Crippen LogP contribution < -0.4 is 0 Å². The average molecular weight is 552 g/mol. The number of carboxylic acid groups (broad SMARTS) is 2. The number of aromatic nitrogens is 2. The number of imidazole rings is 1. The molecular weight excluding hydrogens is 526 g/mol. The Morgan fingerprint density at radius 2 is 1.55 bits per heavy atom. The molecule has 4 rings (SSSR count). The molecule has 2 aliphatic rings. The molecule has 0 bridgehead atoms. The molecule has 2 aliphatic heterocycles. The second-order valence-corrected chi connectivity index (χ2v) is 8.83. The van der Waals surface area contributed by atoms with Crippen molar-refractivity contribution in [3.63, 3.8) is 0 Å². The summed E-state index contributed by atoms with van der Waals surface area (Å²) >= 11 is 0. The van der Waals surface area contributed by atoms with Crippen molar-refractivity contribution in [3.05, 3.63) is 54.1 Å². The molecule has 2 N–H and O–H groups in total. The number of hydrogen-bond acceptors (Lipinski definition) is 5. The molecule has 1 aromatic carbocycles. The van der Waals surface area contributed by atoms with Gasteiger partial charge in [-0.1, -0.05) is 30.3 Å². The number of nitrogens with zero attached hydrogens (tertiary/aromatic N) is 4. The minimum Gasteiger partial charge on any atom is -0.475 e. The van der Waals surface area contributed by atoms with Crippen molar-refractivity contribution in [1.29, 1.82) is 0 Å². The van der Waals surface area contributed by atoms with Crippen molar-refractivity contribution >= 4 is 17.8 Å². The maximum Gasteiger partial charge on any atom is 0.490 e. The monoisotopic (exact) mass is 552 g/mol. The van der Waals surface area contributed by atoms with Crippen LogP contribution in [0.5, 0.6) is 0 Å². The van der Waals surface area contributed by atoms with E-state index in [1.165, 1.54) is 5.56 Å². The van der Waals surface area contributed by atoms with Gasteiger partial charge in [-0.15, -0.1) is 0 Å². The summed E-state index contributed by atoms with van der Waals surface area (Å²) in [5.41, 5.74) is 1.00. The summed E-state index contributed by atoms with van der Waals surface area (Å²) in [7, 11) is 3.96. The summed E-state index contributed by atoms with van der Waals surface area (Å²) < 4.78 is 65.5. The van der Waals surface area contributed by atoms with Crippen LogP contribution >= 0.6 is 0 Å². The number of rotatable bonds is 3. The second-order valence-electron chi connectivity index (χ2n) is 8.83. The van der Waals surface area contributed by atoms with Gasteiger partial charge in [0, 0.05) is 52.0 Å². The minimum absolute atomic E-state index is 0.261. The minimum atomic E-state index is -5.08. The molecule has 0 radical (unpaired) electrons. The zero-order chi connectivity index (χ0) is 28.9. The molecule has 2 atom stereocenters.